The van der Waals surface area contributed by atoms with Crippen LogP contribution in [-0.2, 0) is 27.2 Å². The van der Waals surface area contributed by atoms with E-state index < -0.39 is 12.0 Å². The number of nitrogens with zero attached hydrogens (tertiary/aromatic N) is 2. The van der Waals surface area contributed by atoms with Crippen molar-refractivity contribution in [2.45, 2.75) is 44.6 Å². The first-order valence-electron chi connectivity index (χ1n) is 10.8. The number of carboxylic acid groups (broad SMARTS) is 1. The summed E-state index contributed by atoms with van der Waals surface area (Å²) in [5, 5.41) is 11.9. The first kappa shape index (κ1) is 23.4. The number of benzene rings is 1. The second-order valence-electron chi connectivity index (χ2n) is 8.19. The number of carbonyl (C=O) groups excluding carboxylic acids is 2. The second-order valence-corrected chi connectivity index (χ2v) is 8.19. The van der Waals surface area contributed by atoms with E-state index in [2.05, 4.69) is 10.3 Å². The minimum atomic E-state index is -1.04. The zero-order chi connectivity index (χ0) is 22.9. The van der Waals surface area contributed by atoms with Gasteiger partial charge in [-0.3, -0.25) is 19.4 Å². The minimum Gasteiger partial charge on any atom is -0.481 e. The first-order chi connectivity index (χ1) is 15.4. The van der Waals surface area contributed by atoms with Crippen LogP contribution in [0.4, 0.5) is 4.39 Å². The largest absolute Gasteiger partial charge is 0.481 e. The van der Waals surface area contributed by atoms with Gasteiger partial charge in [-0.1, -0.05) is 12.1 Å². The second kappa shape index (κ2) is 11.4. The molecule has 0 saturated carbocycles. The minimum absolute atomic E-state index is 0.0335. The third kappa shape index (κ3) is 7.14. The summed E-state index contributed by atoms with van der Waals surface area (Å²) < 4.78 is 13.1. The summed E-state index contributed by atoms with van der Waals surface area (Å²) >= 11 is 0. The predicted molar refractivity (Wildman–Crippen MR) is 116 cm³/mol. The zero-order valence-corrected chi connectivity index (χ0v) is 17.9. The molecule has 32 heavy (non-hydrogen) atoms. The summed E-state index contributed by atoms with van der Waals surface area (Å²) in [6, 6.07) is 8.95. The highest BCUT2D eigenvalue weighted by molar-refractivity contribution is 5.86. The molecule has 2 amide bonds. The number of carbonyl (C=O) groups is 3. The smallest absolute Gasteiger partial charge is 0.305 e. The molecule has 3 rings (SSSR count). The molecule has 1 aromatic heterocycles. The number of amides is 2. The Morgan fingerprint density at radius 2 is 1.88 bits per heavy atom. The van der Waals surface area contributed by atoms with E-state index >= 15 is 0 Å². The zero-order valence-electron chi connectivity index (χ0n) is 17.9. The third-order valence-electron chi connectivity index (χ3n) is 5.69. The van der Waals surface area contributed by atoms with Crippen LogP contribution in [0.3, 0.4) is 0 Å². The Morgan fingerprint density at radius 3 is 2.56 bits per heavy atom. The summed E-state index contributed by atoms with van der Waals surface area (Å²) in [6.07, 6.45) is 6.58. The number of aliphatic carboxylic acids is 1. The number of pyridine rings is 1. The van der Waals surface area contributed by atoms with Gasteiger partial charge in [0.2, 0.25) is 11.8 Å². The Hall–Kier alpha value is -3.29. The number of carboxylic acids is 1. The summed E-state index contributed by atoms with van der Waals surface area (Å²) in [5.74, 6) is -1.97. The van der Waals surface area contributed by atoms with Crippen molar-refractivity contribution >= 4 is 17.8 Å². The van der Waals surface area contributed by atoms with E-state index in [1.165, 1.54) is 12.1 Å². The van der Waals surface area contributed by atoms with Crippen LogP contribution >= 0.6 is 0 Å². The molecule has 7 nitrogen and oxygen atoms in total. The van der Waals surface area contributed by atoms with Crippen LogP contribution in [0.15, 0.2) is 48.8 Å². The Bertz CT molecular complexity index is 921. The molecule has 1 saturated heterocycles. The van der Waals surface area contributed by atoms with Gasteiger partial charge in [-0.2, -0.15) is 0 Å². The molecule has 0 bridgehead atoms. The maximum atomic E-state index is 13.1. The number of nitrogens with one attached hydrogen (secondary N) is 1. The lowest BCUT2D eigenvalue weighted by atomic mass is 9.91. The van der Waals surface area contributed by atoms with Crippen LogP contribution in [0, 0.1) is 11.7 Å². The molecule has 0 radical (unpaired) electrons. The van der Waals surface area contributed by atoms with E-state index in [1.807, 2.05) is 12.1 Å². The number of likely N-dealkylation sites (tertiary alicyclic amines) is 1. The number of hydrogen-bond donors (Lipinski definition) is 2. The monoisotopic (exact) mass is 441 g/mol. The molecular formula is C24H28FN3O4. The average molecular weight is 442 g/mol. The van der Waals surface area contributed by atoms with Crippen LogP contribution in [0.25, 0.3) is 0 Å². The van der Waals surface area contributed by atoms with E-state index in [0.717, 1.165) is 30.4 Å². The van der Waals surface area contributed by atoms with Crippen molar-refractivity contribution in [3.8, 4) is 0 Å². The Morgan fingerprint density at radius 1 is 1.16 bits per heavy atom. The van der Waals surface area contributed by atoms with Crippen molar-refractivity contribution < 1.29 is 23.9 Å². The molecule has 2 aromatic rings. The van der Waals surface area contributed by atoms with Gasteiger partial charge in [-0.25, -0.2) is 4.39 Å². The molecule has 1 aliphatic heterocycles. The van der Waals surface area contributed by atoms with Crippen molar-refractivity contribution in [1.82, 2.24) is 15.2 Å². The van der Waals surface area contributed by atoms with E-state index in [1.54, 1.807) is 29.4 Å². The molecule has 2 atom stereocenters. The highest BCUT2D eigenvalue weighted by atomic mass is 19.1. The third-order valence-corrected chi connectivity index (χ3v) is 5.69. The fourth-order valence-corrected chi connectivity index (χ4v) is 4.07. The lowest BCUT2D eigenvalue weighted by Crippen LogP contribution is -2.49. The number of aryl methyl sites for hydroxylation is 1. The predicted octanol–water partition coefficient (Wildman–Crippen LogP) is 2.59. The normalized spacial score (nSPS) is 17.1. The maximum absolute atomic E-state index is 13.1. The molecule has 170 valence electrons. The molecular weight excluding hydrogens is 413 g/mol. The highest BCUT2D eigenvalue weighted by Gasteiger charge is 2.30. The van der Waals surface area contributed by atoms with Crippen molar-refractivity contribution in [3.05, 3.63) is 65.7 Å². The van der Waals surface area contributed by atoms with Crippen molar-refractivity contribution in [1.29, 1.82) is 0 Å². The number of piperidine rings is 1. The van der Waals surface area contributed by atoms with E-state index in [0.29, 0.717) is 13.0 Å². The molecule has 2 N–H and O–H groups in total. The van der Waals surface area contributed by atoms with Gasteiger partial charge in [0, 0.05) is 30.9 Å². The standard InChI is InChI=1S/C24H28FN3O4/c25-20-7-4-18(5-8-20)14-21(15-23(30)31)27-22(29)16-28-13-1-2-19(24(28)32)6-3-17-9-11-26-12-10-17/h4-5,7-12,19,21H,1-3,6,13-16H2,(H,27,29)(H,30,31)/t19-,21+/m0/s1. The fraction of sp³-hybridized carbons (Fsp3) is 0.417. The maximum Gasteiger partial charge on any atom is 0.305 e. The molecule has 1 aromatic carbocycles. The molecule has 0 aliphatic carbocycles. The van der Waals surface area contributed by atoms with E-state index in [4.69, 9.17) is 0 Å². The van der Waals surface area contributed by atoms with Gasteiger partial charge in [0.15, 0.2) is 0 Å². The molecule has 1 aliphatic rings. The van der Waals surface area contributed by atoms with Crippen LogP contribution in [0.1, 0.15) is 36.8 Å². The van der Waals surface area contributed by atoms with Gasteiger partial charge in [-0.05, 0) is 67.5 Å². The van der Waals surface area contributed by atoms with Crippen molar-refractivity contribution in [2.24, 2.45) is 5.92 Å². The summed E-state index contributed by atoms with van der Waals surface area (Å²) in [5.41, 5.74) is 1.85. The van der Waals surface area contributed by atoms with Gasteiger partial charge in [0.05, 0.1) is 13.0 Å². The summed E-state index contributed by atoms with van der Waals surface area (Å²) in [4.78, 5) is 42.3. The highest BCUT2D eigenvalue weighted by Crippen LogP contribution is 2.23. The van der Waals surface area contributed by atoms with Gasteiger partial charge < -0.3 is 15.3 Å². The van der Waals surface area contributed by atoms with Crippen LogP contribution in [0.5, 0.6) is 0 Å². The van der Waals surface area contributed by atoms with Gasteiger partial charge in [0.25, 0.3) is 0 Å². The van der Waals surface area contributed by atoms with Gasteiger partial charge >= 0.3 is 5.97 Å². The Kier molecular flexibility index (Phi) is 8.30. The topological polar surface area (TPSA) is 99.6 Å². The van der Waals surface area contributed by atoms with E-state index in [9.17, 15) is 23.9 Å². The Labute approximate surface area is 186 Å². The lowest BCUT2D eigenvalue weighted by molar-refractivity contribution is -0.143. The molecule has 8 heteroatoms. The molecule has 1 fully saturated rings. The molecule has 0 spiro atoms. The summed E-state index contributed by atoms with van der Waals surface area (Å²) in [6.45, 7) is 0.420. The SMILES string of the molecule is O=C(O)C[C@@H](Cc1ccc(F)cc1)NC(=O)CN1CCC[C@@H](CCc2ccncc2)C1=O. The number of aromatic nitrogens is 1. The first-order valence-corrected chi connectivity index (χ1v) is 10.8. The lowest BCUT2D eigenvalue weighted by Gasteiger charge is -2.32. The average Bonchev–Trinajstić information content (AvgIpc) is 2.76. The Balaban J connectivity index is 1.54. The van der Waals surface area contributed by atoms with Crippen molar-refractivity contribution in [2.75, 3.05) is 13.1 Å². The number of hydrogen-bond acceptors (Lipinski definition) is 4. The van der Waals surface area contributed by atoms with Crippen LogP contribution in [0.2, 0.25) is 0 Å². The van der Waals surface area contributed by atoms with Gasteiger partial charge in [0.1, 0.15) is 5.82 Å². The number of halogens is 1. The molecule has 2 heterocycles. The van der Waals surface area contributed by atoms with Crippen LogP contribution < -0.4 is 5.32 Å². The van der Waals surface area contributed by atoms with Crippen LogP contribution in [-0.4, -0.2) is 51.9 Å². The quantitative estimate of drug-likeness (QED) is 0.590. The molecule has 0 unspecified atom stereocenters. The van der Waals surface area contributed by atoms with Gasteiger partial charge in [-0.15, -0.1) is 0 Å². The van der Waals surface area contributed by atoms with E-state index in [-0.39, 0.29) is 42.9 Å². The number of rotatable bonds is 10. The fourth-order valence-electron chi connectivity index (χ4n) is 4.07. The summed E-state index contributed by atoms with van der Waals surface area (Å²) in [7, 11) is 0. The van der Waals surface area contributed by atoms with Crippen molar-refractivity contribution in [3.63, 3.8) is 0 Å².